The number of aromatic amines is 1. The van der Waals surface area contributed by atoms with Gasteiger partial charge in [-0.1, -0.05) is 57.0 Å². The Hall–Kier alpha value is -4.28. The van der Waals surface area contributed by atoms with E-state index < -0.39 is 5.82 Å². The summed E-state index contributed by atoms with van der Waals surface area (Å²) in [5.41, 5.74) is 6.44. The summed E-state index contributed by atoms with van der Waals surface area (Å²) in [6.07, 6.45) is 6.57. The number of rotatable bonds is 6. The van der Waals surface area contributed by atoms with Crippen molar-refractivity contribution in [3.63, 3.8) is 0 Å². The van der Waals surface area contributed by atoms with Gasteiger partial charge in [0.25, 0.3) is 5.91 Å². The quantitative estimate of drug-likeness (QED) is 0.293. The first-order chi connectivity index (χ1) is 19.2. The third-order valence-electron chi connectivity index (χ3n) is 7.37. The van der Waals surface area contributed by atoms with Gasteiger partial charge in [0, 0.05) is 48.1 Å². The van der Waals surface area contributed by atoms with Crippen LogP contribution in [0.25, 0.3) is 27.9 Å². The molecule has 1 amide bonds. The van der Waals surface area contributed by atoms with E-state index >= 15 is 4.39 Å². The first-order valence-corrected chi connectivity index (χ1v) is 13.6. The van der Waals surface area contributed by atoms with E-state index in [4.69, 9.17) is 0 Å². The highest BCUT2D eigenvalue weighted by Crippen LogP contribution is 2.34. The molecule has 40 heavy (non-hydrogen) atoms. The summed E-state index contributed by atoms with van der Waals surface area (Å²) >= 11 is 0. The van der Waals surface area contributed by atoms with E-state index in [1.165, 1.54) is 18.0 Å². The molecule has 0 aliphatic carbocycles. The zero-order valence-corrected chi connectivity index (χ0v) is 23.4. The van der Waals surface area contributed by atoms with Crippen LogP contribution in [0.2, 0.25) is 0 Å². The molecular weight excluding hydrogens is 501 g/mol. The zero-order chi connectivity index (χ0) is 28.3. The number of benzene rings is 2. The number of carbonyl (C=O) groups excluding carboxylic acids is 1. The lowest BCUT2D eigenvalue weighted by molar-refractivity contribution is 0.0950. The van der Waals surface area contributed by atoms with Gasteiger partial charge in [0.15, 0.2) is 0 Å². The Morgan fingerprint density at radius 2 is 1.95 bits per heavy atom. The van der Waals surface area contributed by atoms with Gasteiger partial charge in [-0.25, -0.2) is 14.4 Å². The zero-order valence-electron chi connectivity index (χ0n) is 23.4. The van der Waals surface area contributed by atoms with Crippen LogP contribution in [0.15, 0.2) is 61.1 Å². The molecule has 2 aromatic carbocycles. The lowest BCUT2D eigenvalue weighted by Crippen LogP contribution is -2.28. The summed E-state index contributed by atoms with van der Waals surface area (Å²) < 4.78 is 15.3. The Kier molecular flexibility index (Phi) is 7.81. The van der Waals surface area contributed by atoms with Crippen molar-refractivity contribution in [2.75, 3.05) is 19.6 Å². The monoisotopic (exact) mass is 535 g/mol. The van der Waals surface area contributed by atoms with Gasteiger partial charge < -0.3 is 10.3 Å². The van der Waals surface area contributed by atoms with Gasteiger partial charge in [0.1, 0.15) is 17.8 Å². The van der Waals surface area contributed by atoms with Gasteiger partial charge in [-0.15, -0.1) is 5.92 Å². The molecule has 7 heteroatoms. The Morgan fingerprint density at radius 3 is 2.62 bits per heavy atom. The van der Waals surface area contributed by atoms with Gasteiger partial charge in [0.2, 0.25) is 0 Å². The minimum absolute atomic E-state index is 0.00865. The van der Waals surface area contributed by atoms with E-state index in [0.29, 0.717) is 22.4 Å². The summed E-state index contributed by atoms with van der Waals surface area (Å²) in [5.74, 6) is 5.45. The molecule has 4 aromatic rings. The second-order valence-corrected chi connectivity index (χ2v) is 11.1. The molecule has 0 bridgehead atoms. The predicted octanol–water partition coefficient (Wildman–Crippen LogP) is 6.10. The first-order valence-electron chi connectivity index (χ1n) is 13.6. The van der Waals surface area contributed by atoms with Gasteiger partial charge in [-0.05, 0) is 48.1 Å². The molecule has 0 fully saturated rings. The summed E-state index contributed by atoms with van der Waals surface area (Å²) in [6, 6.07) is 12.6. The summed E-state index contributed by atoms with van der Waals surface area (Å²) in [5, 5.41) is 3.72. The largest absolute Gasteiger partial charge is 0.348 e. The minimum Gasteiger partial charge on any atom is -0.348 e. The summed E-state index contributed by atoms with van der Waals surface area (Å²) in [4.78, 5) is 27.2. The maximum Gasteiger partial charge on any atom is 0.251 e. The van der Waals surface area contributed by atoms with Crippen molar-refractivity contribution < 1.29 is 9.18 Å². The summed E-state index contributed by atoms with van der Waals surface area (Å²) in [6.45, 7) is 10.8. The number of fused-ring (bicyclic) bond motifs is 1. The number of hydrogen-bond donors (Lipinski definition) is 2. The van der Waals surface area contributed by atoms with Crippen LogP contribution in [0.1, 0.15) is 61.2 Å². The van der Waals surface area contributed by atoms with E-state index in [1.807, 2.05) is 43.5 Å². The molecule has 0 atom stereocenters. The molecule has 0 saturated carbocycles. The first kappa shape index (κ1) is 27.3. The van der Waals surface area contributed by atoms with Crippen molar-refractivity contribution in [3.8, 4) is 23.1 Å². The molecule has 0 saturated heterocycles. The van der Waals surface area contributed by atoms with Crippen LogP contribution in [0.3, 0.4) is 0 Å². The third-order valence-corrected chi connectivity index (χ3v) is 7.37. The molecule has 0 spiro atoms. The highest BCUT2D eigenvalue weighted by atomic mass is 19.1. The van der Waals surface area contributed by atoms with Crippen molar-refractivity contribution in [2.45, 2.75) is 46.1 Å². The SMILES string of the molecule is CC#CCN1CC=C(c2c[nH]c3ncnc(-c4ccc(CNC(=O)c5ccc(C(C)(C)C)cc5)c(F)c4)c23)CC1. The van der Waals surface area contributed by atoms with Crippen molar-refractivity contribution in [1.29, 1.82) is 0 Å². The Bertz CT molecular complexity index is 1630. The van der Waals surface area contributed by atoms with Crippen LogP contribution in [0.4, 0.5) is 4.39 Å². The van der Waals surface area contributed by atoms with E-state index in [9.17, 15) is 4.79 Å². The van der Waals surface area contributed by atoms with Gasteiger partial charge in [0.05, 0.1) is 17.6 Å². The van der Waals surface area contributed by atoms with Crippen molar-refractivity contribution in [1.82, 2.24) is 25.2 Å². The lowest BCUT2D eigenvalue weighted by Gasteiger charge is -2.24. The third kappa shape index (κ3) is 5.83. The lowest BCUT2D eigenvalue weighted by atomic mass is 9.87. The molecule has 1 aliphatic heterocycles. The molecule has 3 heterocycles. The number of H-pyrrole nitrogens is 1. The molecule has 2 aromatic heterocycles. The Balaban J connectivity index is 1.34. The van der Waals surface area contributed by atoms with Crippen molar-refractivity contribution in [3.05, 3.63) is 89.1 Å². The van der Waals surface area contributed by atoms with Crippen LogP contribution in [-0.2, 0) is 12.0 Å². The highest BCUT2D eigenvalue weighted by Gasteiger charge is 2.20. The predicted molar refractivity (Wildman–Crippen MR) is 158 cm³/mol. The second-order valence-electron chi connectivity index (χ2n) is 11.1. The topological polar surface area (TPSA) is 73.9 Å². The van der Waals surface area contributed by atoms with E-state index in [1.54, 1.807) is 6.07 Å². The number of carbonyl (C=O) groups is 1. The number of nitrogens with one attached hydrogen (secondary N) is 2. The molecule has 6 nitrogen and oxygen atoms in total. The van der Waals surface area contributed by atoms with Crippen molar-refractivity contribution >= 4 is 22.5 Å². The van der Waals surface area contributed by atoms with Crippen LogP contribution in [-0.4, -0.2) is 45.4 Å². The number of hydrogen-bond acceptors (Lipinski definition) is 4. The molecule has 0 unspecified atom stereocenters. The van der Waals surface area contributed by atoms with E-state index in [0.717, 1.165) is 48.2 Å². The second kappa shape index (κ2) is 11.4. The Morgan fingerprint density at radius 1 is 1.15 bits per heavy atom. The van der Waals surface area contributed by atoms with Crippen molar-refractivity contribution in [2.24, 2.45) is 0 Å². The fraction of sp³-hybridized carbons (Fsp3) is 0.303. The Labute approximate surface area is 234 Å². The van der Waals surface area contributed by atoms with Gasteiger partial charge in [-0.3, -0.25) is 9.69 Å². The average molecular weight is 536 g/mol. The van der Waals surface area contributed by atoms with Gasteiger partial charge in [-0.2, -0.15) is 0 Å². The number of aromatic nitrogens is 3. The highest BCUT2D eigenvalue weighted by molar-refractivity contribution is 6.00. The number of nitrogens with zero attached hydrogens (tertiary/aromatic N) is 3. The number of amides is 1. The smallest absolute Gasteiger partial charge is 0.251 e. The van der Waals surface area contributed by atoms with E-state index in [2.05, 4.69) is 63.9 Å². The van der Waals surface area contributed by atoms with Gasteiger partial charge >= 0.3 is 0 Å². The summed E-state index contributed by atoms with van der Waals surface area (Å²) in [7, 11) is 0. The fourth-order valence-corrected chi connectivity index (χ4v) is 4.96. The molecule has 2 N–H and O–H groups in total. The van der Waals surface area contributed by atoms with Crippen LogP contribution < -0.4 is 5.32 Å². The van der Waals surface area contributed by atoms with Crippen LogP contribution in [0, 0.1) is 17.7 Å². The standard InChI is InChI=1S/C33H34FN5O/c1-5-6-15-39-16-13-22(14-17-39)27-20-35-31-29(27)30(37-21-38-31)24-7-8-25(28(34)18-24)19-36-32(40)23-9-11-26(12-10-23)33(2,3)4/h7-13,18,20-21H,14-17,19H2,1-4H3,(H,36,40)(H,35,37,38). The molecule has 204 valence electrons. The average Bonchev–Trinajstić information content (AvgIpc) is 3.39. The number of halogens is 1. The maximum atomic E-state index is 15.3. The van der Waals surface area contributed by atoms with E-state index in [-0.39, 0.29) is 17.9 Å². The molecule has 1 aliphatic rings. The molecule has 5 rings (SSSR count). The fourth-order valence-electron chi connectivity index (χ4n) is 4.96. The molecular formula is C33H34FN5O. The normalized spacial score (nSPS) is 14.0. The molecule has 0 radical (unpaired) electrons. The van der Waals surface area contributed by atoms with Crippen LogP contribution in [0.5, 0.6) is 0 Å². The minimum atomic E-state index is -0.394. The van der Waals surface area contributed by atoms with Crippen LogP contribution >= 0.6 is 0 Å². The maximum absolute atomic E-state index is 15.3.